The van der Waals surface area contributed by atoms with E-state index in [-0.39, 0.29) is 5.54 Å². The Balaban J connectivity index is 2.08. The van der Waals surface area contributed by atoms with Crippen molar-refractivity contribution in [3.8, 4) is 0 Å². The summed E-state index contributed by atoms with van der Waals surface area (Å²) in [6.07, 6.45) is 2.78. The monoisotopic (exact) mass is 287 g/mol. The number of anilines is 1. The van der Waals surface area contributed by atoms with E-state index in [0.717, 1.165) is 36.7 Å². The van der Waals surface area contributed by atoms with Crippen LogP contribution in [0.15, 0.2) is 18.3 Å². The van der Waals surface area contributed by atoms with Gasteiger partial charge in [0.05, 0.1) is 6.20 Å². The van der Waals surface area contributed by atoms with Gasteiger partial charge in [0.2, 0.25) is 0 Å². The van der Waals surface area contributed by atoms with Crippen LogP contribution in [0.5, 0.6) is 0 Å². The molecule has 5 heteroatoms. The van der Waals surface area contributed by atoms with E-state index in [4.69, 9.17) is 0 Å². The second kappa shape index (κ2) is 4.98. The number of nitrogens with zero attached hydrogens (tertiary/aromatic N) is 5. The van der Waals surface area contributed by atoms with Crippen LogP contribution in [0.4, 0.5) is 5.82 Å². The van der Waals surface area contributed by atoms with Gasteiger partial charge in [-0.15, -0.1) is 0 Å². The minimum atomic E-state index is 0.154. The van der Waals surface area contributed by atoms with Crippen molar-refractivity contribution in [3.05, 3.63) is 24.0 Å². The zero-order chi connectivity index (χ0) is 15.2. The third-order valence-electron chi connectivity index (χ3n) is 4.71. The van der Waals surface area contributed by atoms with Crippen LogP contribution in [0.25, 0.3) is 5.65 Å². The Morgan fingerprint density at radius 1 is 1.38 bits per heavy atom. The van der Waals surface area contributed by atoms with Crippen molar-refractivity contribution in [1.82, 2.24) is 19.5 Å². The Morgan fingerprint density at radius 2 is 2.14 bits per heavy atom. The molecule has 0 spiro atoms. The molecule has 0 amide bonds. The molecule has 5 nitrogen and oxygen atoms in total. The first-order valence-corrected chi connectivity index (χ1v) is 7.74. The number of hydrogen-bond acceptors (Lipinski definition) is 4. The zero-order valence-electron chi connectivity index (χ0n) is 13.7. The Kier molecular flexibility index (Phi) is 3.40. The summed E-state index contributed by atoms with van der Waals surface area (Å²) in [4.78, 5) is 9.56. The van der Waals surface area contributed by atoms with Gasteiger partial charge in [-0.3, -0.25) is 4.90 Å². The highest BCUT2D eigenvalue weighted by molar-refractivity contribution is 5.52. The SMILES string of the molecule is CCc1cc(N2CC(C)(C)N(C)C[C@@H]2C)n2nccc2n1. The van der Waals surface area contributed by atoms with Crippen molar-refractivity contribution < 1.29 is 0 Å². The van der Waals surface area contributed by atoms with Gasteiger partial charge in [0.25, 0.3) is 0 Å². The minimum Gasteiger partial charge on any atom is -0.351 e. The average Bonchev–Trinajstić information content (AvgIpc) is 2.90. The number of hydrogen-bond donors (Lipinski definition) is 0. The molecule has 114 valence electrons. The van der Waals surface area contributed by atoms with Crippen molar-refractivity contribution in [2.24, 2.45) is 0 Å². The number of rotatable bonds is 2. The quantitative estimate of drug-likeness (QED) is 0.848. The van der Waals surface area contributed by atoms with E-state index in [1.807, 2.05) is 16.8 Å². The smallest absolute Gasteiger partial charge is 0.157 e. The first kappa shape index (κ1) is 14.3. The van der Waals surface area contributed by atoms with Gasteiger partial charge >= 0.3 is 0 Å². The number of likely N-dealkylation sites (N-methyl/N-ethyl adjacent to an activating group) is 1. The molecule has 0 N–H and O–H groups in total. The molecule has 2 aromatic heterocycles. The van der Waals surface area contributed by atoms with Crippen LogP contribution in [0, 0.1) is 0 Å². The maximum absolute atomic E-state index is 4.65. The van der Waals surface area contributed by atoms with Crippen molar-refractivity contribution in [1.29, 1.82) is 0 Å². The fraction of sp³-hybridized carbons (Fsp3) is 0.625. The van der Waals surface area contributed by atoms with E-state index < -0.39 is 0 Å². The van der Waals surface area contributed by atoms with Crippen molar-refractivity contribution in [2.45, 2.75) is 45.7 Å². The van der Waals surface area contributed by atoms with E-state index in [1.165, 1.54) is 0 Å². The molecule has 0 radical (unpaired) electrons. The molecule has 0 aromatic carbocycles. The maximum Gasteiger partial charge on any atom is 0.157 e. The molecule has 0 unspecified atom stereocenters. The van der Waals surface area contributed by atoms with Gasteiger partial charge < -0.3 is 4.90 Å². The van der Waals surface area contributed by atoms with Crippen LogP contribution < -0.4 is 4.90 Å². The van der Waals surface area contributed by atoms with Gasteiger partial charge in [0.1, 0.15) is 5.82 Å². The standard InChI is InChI=1S/C16H25N5/c1-6-13-9-15(21-14(18-13)7-8-17-21)20-11-16(3,4)19(5)10-12(20)2/h7-9,12H,6,10-11H2,1-5H3/t12-/m0/s1. The summed E-state index contributed by atoms with van der Waals surface area (Å²) >= 11 is 0. The largest absolute Gasteiger partial charge is 0.351 e. The minimum absolute atomic E-state index is 0.154. The highest BCUT2D eigenvalue weighted by Gasteiger charge is 2.36. The van der Waals surface area contributed by atoms with Crippen LogP contribution in [0.3, 0.4) is 0 Å². The van der Waals surface area contributed by atoms with Crippen LogP contribution in [-0.2, 0) is 6.42 Å². The molecule has 0 saturated carbocycles. The lowest BCUT2D eigenvalue weighted by Gasteiger charge is -2.49. The van der Waals surface area contributed by atoms with Crippen molar-refractivity contribution in [2.75, 3.05) is 25.0 Å². The Labute approximate surface area is 126 Å². The van der Waals surface area contributed by atoms with E-state index in [0.29, 0.717) is 6.04 Å². The maximum atomic E-state index is 4.65. The molecular weight excluding hydrogens is 262 g/mol. The highest BCUT2D eigenvalue weighted by Crippen LogP contribution is 2.28. The summed E-state index contributed by atoms with van der Waals surface area (Å²) in [6, 6.07) is 4.63. The number of piperazine rings is 1. The third-order valence-corrected chi connectivity index (χ3v) is 4.71. The first-order valence-electron chi connectivity index (χ1n) is 7.74. The first-order chi connectivity index (χ1) is 9.92. The van der Waals surface area contributed by atoms with Gasteiger partial charge in [0, 0.05) is 42.5 Å². The fourth-order valence-electron chi connectivity index (χ4n) is 3.08. The van der Waals surface area contributed by atoms with E-state index in [2.05, 4.69) is 60.7 Å². The van der Waals surface area contributed by atoms with Crippen LogP contribution in [-0.4, -0.2) is 51.2 Å². The molecular formula is C16H25N5. The second-order valence-corrected chi connectivity index (χ2v) is 6.73. The lowest BCUT2D eigenvalue weighted by Crippen LogP contribution is -2.61. The highest BCUT2D eigenvalue weighted by atomic mass is 15.4. The number of aryl methyl sites for hydroxylation is 1. The summed E-state index contributed by atoms with van der Waals surface area (Å²) < 4.78 is 1.97. The lowest BCUT2D eigenvalue weighted by atomic mass is 9.97. The van der Waals surface area contributed by atoms with E-state index in [1.54, 1.807) is 0 Å². The normalized spacial score (nSPS) is 22.9. The molecule has 3 heterocycles. The van der Waals surface area contributed by atoms with Gasteiger partial charge in [-0.05, 0) is 34.2 Å². The molecule has 1 saturated heterocycles. The fourth-order valence-corrected chi connectivity index (χ4v) is 3.08. The van der Waals surface area contributed by atoms with Crippen molar-refractivity contribution >= 4 is 11.5 Å². The predicted octanol–water partition coefficient (Wildman–Crippen LogP) is 2.21. The molecule has 1 aliphatic rings. The number of fused-ring (bicyclic) bond motifs is 1. The molecule has 0 aliphatic carbocycles. The Morgan fingerprint density at radius 3 is 2.86 bits per heavy atom. The van der Waals surface area contributed by atoms with Crippen LogP contribution in [0.2, 0.25) is 0 Å². The van der Waals surface area contributed by atoms with Gasteiger partial charge in [-0.1, -0.05) is 6.92 Å². The zero-order valence-corrected chi connectivity index (χ0v) is 13.7. The van der Waals surface area contributed by atoms with E-state index in [9.17, 15) is 0 Å². The van der Waals surface area contributed by atoms with Gasteiger partial charge in [-0.25, -0.2) is 4.98 Å². The van der Waals surface area contributed by atoms with Gasteiger partial charge in [-0.2, -0.15) is 9.61 Å². The summed E-state index contributed by atoms with van der Waals surface area (Å²) in [6.45, 7) is 11.1. The summed E-state index contributed by atoms with van der Waals surface area (Å²) in [5, 5.41) is 4.47. The summed E-state index contributed by atoms with van der Waals surface area (Å²) in [7, 11) is 2.21. The van der Waals surface area contributed by atoms with Crippen LogP contribution in [0.1, 0.15) is 33.4 Å². The topological polar surface area (TPSA) is 36.7 Å². The van der Waals surface area contributed by atoms with Crippen molar-refractivity contribution in [3.63, 3.8) is 0 Å². The lowest BCUT2D eigenvalue weighted by molar-refractivity contribution is 0.118. The number of aromatic nitrogens is 3. The summed E-state index contributed by atoms with van der Waals surface area (Å²) in [5.41, 5.74) is 2.22. The molecule has 1 fully saturated rings. The molecule has 0 bridgehead atoms. The second-order valence-electron chi connectivity index (χ2n) is 6.73. The molecule has 3 rings (SSSR count). The summed E-state index contributed by atoms with van der Waals surface area (Å²) in [5.74, 6) is 1.16. The predicted molar refractivity (Wildman–Crippen MR) is 85.9 cm³/mol. The Bertz CT molecular complexity index is 645. The van der Waals surface area contributed by atoms with E-state index >= 15 is 0 Å². The Hall–Kier alpha value is -1.62. The van der Waals surface area contributed by atoms with Crippen LogP contribution >= 0.6 is 0 Å². The molecule has 21 heavy (non-hydrogen) atoms. The van der Waals surface area contributed by atoms with Gasteiger partial charge in [0.15, 0.2) is 5.65 Å². The average molecular weight is 287 g/mol. The third kappa shape index (κ3) is 2.39. The molecule has 1 atom stereocenters. The molecule has 1 aliphatic heterocycles. The molecule has 2 aromatic rings.